The molecule has 0 saturated carbocycles. The van der Waals surface area contributed by atoms with Gasteiger partial charge in [-0.2, -0.15) is 0 Å². The molecule has 1 aliphatic rings. The van der Waals surface area contributed by atoms with Crippen LogP contribution in [0, 0.1) is 11.7 Å². The maximum atomic E-state index is 13.8. The van der Waals surface area contributed by atoms with Crippen molar-refractivity contribution in [1.29, 1.82) is 0 Å². The summed E-state index contributed by atoms with van der Waals surface area (Å²) >= 11 is 9.24. The number of fused-ring (bicyclic) bond motifs is 1. The van der Waals surface area contributed by atoms with Crippen LogP contribution < -0.4 is 0 Å². The van der Waals surface area contributed by atoms with Gasteiger partial charge in [0.05, 0.1) is 21.4 Å². The Balaban J connectivity index is 1.95. The van der Waals surface area contributed by atoms with Crippen molar-refractivity contribution in [2.24, 2.45) is 5.92 Å². The zero-order chi connectivity index (χ0) is 15.0. The number of likely N-dealkylation sites (tertiary alicyclic amines) is 1. The number of halogens is 3. The number of alkyl halides is 1. The van der Waals surface area contributed by atoms with Crippen LogP contribution in [0.3, 0.4) is 0 Å². The van der Waals surface area contributed by atoms with E-state index in [9.17, 15) is 4.39 Å². The number of hydrogen-bond acceptors (Lipinski definition) is 2. The fraction of sp³-hybridized carbons (Fsp3) is 0.533. The molecular weight excluding hydrogens is 357 g/mol. The average molecular weight is 375 g/mol. The van der Waals surface area contributed by atoms with E-state index < -0.39 is 0 Å². The second kappa shape index (κ2) is 6.23. The van der Waals surface area contributed by atoms with Gasteiger partial charge in [-0.3, -0.25) is 0 Å². The van der Waals surface area contributed by atoms with E-state index in [0.29, 0.717) is 16.3 Å². The van der Waals surface area contributed by atoms with Gasteiger partial charge in [-0.05, 0) is 47.4 Å². The van der Waals surface area contributed by atoms with E-state index in [1.807, 2.05) is 0 Å². The molecule has 2 aromatic rings. The summed E-state index contributed by atoms with van der Waals surface area (Å²) in [7, 11) is 0. The standard InChI is InChI=1S/C15H18BrClFN3/c1-2-20-4-3-10(8-20)9-21-14-6-12(18)11(16)5-13(14)19-15(21)7-17/h5-6,10H,2-4,7-9H2,1H3. The van der Waals surface area contributed by atoms with E-state index in [2.05, 4.69) is 37.3 Å². The van der Waals surface area contributed by atoms with Gasteiger partial charge in [-0.15, -0.1) is 11.6 Å². The zero-order valence-electron chi connectivity index (χ0n) is 12.0. The quantitative estimate of drug-likeness (QED) is 0.754. The molecule has 1 atom stereocenters. The smallest absolute Gasteiger partial charge is 0.139 e. The molecular formula is C15H18BrClFN3. The minimum atomic E-state index is -0.258. The monoisotopic (exact) mass is 373 g/mol. The molecule has 0 spiro atoms. The molecule has 1 aliphatic heterocycles. The van der Waals surface area contributed by atoms with E-state index in [4.69, 9.17) is 11.6 Å². The molecule has 0 N–H and O–H groups in total. The summed E-state index contributed by atoms with van der Waals surface area (Å²) in [5.41, 5.74) is 1.63. The maximum absolute atomic E-state index is 13.8. The molecule has 21 heavy (non-hydrogen) atoms. The third-order valence-electron chi connectivity index (χ3n) is 4.25. The maximum Gasteiger partial charge on any atom is 0.139 e. The lowest BCUT2D eigenvalue weighted by molar-refractivity contribution is 0.333. The topological polar surface area (TPSA) is 21.1 Å². The molecule has 1 aromatic carbocycles. The second-order valence-electron chi connectivity index (χ2n) is 5.58. The largest absolute Gasteiger partial charge is 0.327 e. The van der Waals surface area contributed by atoms with Gasteiger partial charge < -0.3 is 9.47 Å². The number of aromatic nitrogens is 2. The summed E-state index contributed by atoms with van der Waals surface area (Å²) in [4.78, 5) is 6.98. The molecule has 1 saturated heterocycles. The third kappa shape index (κ3) is 2.96. The van der Waals surface area contributed by atoms with Crippen molar-refractivity contribution in [2.75, 3.05) is 19.6 Å². The Labute approximate surface area is 137 Å². The summed E-state index contributed by atoms with van der Waals surface area (Å²) in [6.45, 7) is 6.37. The van der Waals surface area contributed by atoms with E-state index in [0.717, 1.165) is 43.0 Å². The van der Waals surface area contributed by atoms with Crippen molar-refractivity contribution in [3.63, 3.8) is 0 Å². The molecule has 0 amide bonds. The van der Waals surface area contributed by atoms with Crippen LogP contribution in [-0.2, 0) is 12.4 Å². The first-order chi connectivity index (χ1) is 10.1. The van der Waals surface area contributed by atoms with Crippen LogP contribution >= 0.6 is 27.5 Å². The predicted octanol–water partition coefficient (Wildman–Crippen LogP) is 4.02. The molecule has 2 heterocycles. The zero-order valence-corrected chi connectivity index (χ0v) is 14.3. The highest BCUT2D eigenvalue weighted by Gasteiger charge is 2.23. The Morgan fingerprint density at radius 1 is 1.48 bits per heavy atom. The van der Waals surface area contributed by atoms with Gasteiger partial charge in [0, 0.05) is 19.2 Å². The summed E-state index contributed by atoms with van der Waals surface area (Å²) in [6.07, 6.45) is 1.17. The first-order valence-corrected chi connectivity index (χ1v) is 8.57. The van der Waals surface area contributed by atoms with Gasteiger partial charge in [0.15, 0.2) is 0 Å². The lowest BCUT2D eigenvalue weighted by Gasteiger charge is -2.15. The molecule has 0 bridgehead atoms. The van der Waals surface area contributed by atoms with Gasteiger partial charge in [0.25, 0.3) is 0 Å². The van der Waals surface area contributed by atoms with Crippen molar-refractivity contribution in [1.82, 2.24) is 14.5 Å². The molecule has 1 aromatic heterocycles. The van der Waals surface area contributed by atoms with Crippen LogP contribution in [0.1, 0.15) is 19.2 Å². The summed E-state index contributed by atoms with van der Waals surface area (Å²) in [5, 5.41) is 0. The van der Waals surface area contributed by atoms with Crippen LogP contribution in [0.4, 0.5) is 4.39 Å². The number of benzene rings is 1. The number of hydrogen-bond donors (Lipinski definition) is 0. The molecule has 114 valence electrons. The number of rotatable bonds is 4. The lowest BCUT2D eigenvalue weighted by Crippen LogP contribution is -2.21. The van der Waals surface area contributed by atoms with E-state index in [1.54, 1.807) is 12.1 Å². The Morgan fingerprint density at radius 2 is 2.29 bits per heavy atom. The van der Waals surface area contributed by atoms with Crippen molar-refractivity contribution >= 4 is 38.6 Å². The third-order valence-corrected chi connectivity index (χ3v) is 5.09. The summed E-state index contributed by atoms with van der Waals surface area (Å²) in [5.74, 6) is 1.49. The highest BCUT2D eigenvalue weighted by atomic mass is 79.9. The first kappa shape index (κ1) is 15.3. The fourth-order valence-electron chi connectivity index (χ4n) is 3.08. The normalized spacial score (nSPS) is 19.7. The van der Waals surface area contributed by atoms with Crippen molar-refractivity contribution in [3.05, 3.63) is 28.2 Å². The van der Waals surface area contributed by atoms with Gasteiger partial charge >= 0.3 is 0 Å². The molecule has 3 rings (SSSR count). The molecule has 0 aliphatic carbocycles. The second-order valence-corrected chi connectivity index (χ2v) is 6.70. The van der Waals surface area contributed by atoms with Crippen LogP contribution in [0.2, 0.25) is 0 Å². The van der Waals surface area contributed by atoms with Crippen LogP contribution in [0.15, 0.2) is 16.6 Å². The Morgan fingerprint density at radius 3 is 2.95 bits per heavy atom. The SMILES string of the molecule is CCN1CCC(Cn2c(CCl)nc3cc(Br)c(F)cc32)C1. The minimum Gasteiger partial charge on any atom is -0.327 e. The van der Waals surface area contributed by atoms with Crippen LogP contribution in [0.5, 0.6) is 0 Å². The fourth-order valence-corrected chi connectivity index (χ4v) is 3.62. The van der Waals surface area contributed by atoms with Crippen molar-refractivity contribution in [2.45, 2.75) is 25.8 Å². The molecule has 0 radical (unpaired) electrons. The Kier molecular flexibility index (Phi) is 4.52. The average Bonchev–Trinajstić information content (AvgIpc) is 3.05. The molecule has 1 unspecified atom stereocenters. The summed E-state index contributed by atoms with van der Waals surface area (Å²) < 4.78 is 16.4. The first-order valence-electron chi connectivity index (χ1n) is 7.24. The van der Waals surface area contributed by atoms with Crippen molar-refractivity contribution in [3.8, 4) is 0 Å². The lowest BCUT2D eigenvalue weighted by atomic mass is 10.1. The highest BCUT2D eigenvalue weighted by Crippen LogP contribution is 2.27. The Bertz CT molecular complexity index is 658. The van der Waals surface area contributed by atoms with Gasteiger partial charge in [0.2, 0.25) is 0 Å². The minimum absolute atomic E-state index is 0.258. The van der Waals surface area contributed by atoms with Crippen LogP contribution in [-0.4, -0.2) is 34.1 Å². The van der Waals surface area contributed by atoms with E-state index in [1.165, 1.54) is 6.42 Å². The van der Waals surface area contributed by atoms with Crippen molar-refractivity contribution < 1.29 is 4.39 Å². The predicted molar refractivity (Wildman–Crippen MR) is 87.2 cm³/mol. The van der Waals surface area contributed by atoms with Gasteiger partial charge in [0.1, 0.15) is 11.6 Å². The number of imidazole rings is 1. The van der Waals surface area contributed by atoms with Gasteiger partial charge in [-0.1, -0.05) is 6.92 Å². The molecule has 6 heteroatoms. The van der Waals surface area contributed by atoms with Gasteiger partial charge in [-0.25, -0.2) is 9.37 Å². The Hall–Kier alpha value is -0.650. The summed E-state index contributed by atoms with van der Waals surface area (Å²) in [6, 6.07) is 3.28. The molecule has 1 fully saturated rings. The molecule has 3 nitrogen and oxygen atoms in total. The van der Waals surface area contributed by atoms with E-state index >= 15 is 0 Å². The van der Waals surface area contributed by atoms with Crippen LogP contribution in [0.25, 0.3) is 11.0 Å². The number of nitrogens with zero attached hydrogens (tertiary/aromatic N) is 3. The highest BCUT2D eigenvalue weighted by molar-refractivity contribution is 9.10. The van der Waals surface area contributed by atoms with E-state index in [-0.39, 0.29) is 5.82 Å².